The van der Waals surface area contributed by atoms with E-state index in [1.165, 1.54) is 0 Å². The summed E-state index contributed by atoms with van der Waals surface area (Å²) in [6.07, 6.45) is 2.21. The van der Waals surface area contributed by atoms with E-state index in [1.54, 1.807) is 13.1 Å². The van der Waals surface area contributed by atoms with Gasteiger partial charge in [0.05, 0.1) is 6.61 Å². The highest BCUT2D eigenvalue weighted by Crippen LogP contribution is 2.15. The molecule has 2 rings (SSSR count). The molecule has 17 heavy (non-hydrogen) atoms. The van der Waals surface area contributed by atoms with E-state index < -0.39 is 0 Å². The summed E-state index contributed by atoms with van der Waals surface area (Å²) in [5.74, 6) is -0.0615. The molecule has 0 radical (unpaired) electrons. The van der Waals surface area contributed by atoms with Crippen molar-refractivity contribution in [1.82, 2.24) is 5.32 Å². The second kappa shape index (κ2) is 5.68. The molecule has 1 amide bonds. The number of carbonyl (C=O) groups is 1. The molecular formula is C13H18N2O2. The second-order valence-electron chi connectivity index (χ2n) is 4.22. The van der Waals surface area contributed by atoms with Gasteiger partial charge in [-0.1, -0.05) is 6.07 Å². The van der Waals surface area contributed by atoms with E-state index in [0.29, 0.717) is 11.6 Å². The van der Waals surface area contributed by atoms with Crippen LogP contribution >= 0.6 is 0 Å². The summed E-state index contributed by atoms with van der Waals surface area (Å²) < 4.78 is 5.41. The van der Waals surface area contributed by atoms with E-state index in [0.717, 1.165) is 31.7 Å². The average molecular weight is 234 g/mol. The van der Waals surface area contributed by atoms with Crippen molar-refractivity contribution in [2.75, 3.05) is 25.6 Å². The summed E-state index contributed by atoms with van der Waals surface area (Å²) in [7, 11) is 1.64. The van der Waals surface area contributed by atoms with Crippen LogP contribution in [0.3, 0.4) is 0 Å². The largest absolute Gasteiger partial charge is 0.380 e. The van der Waals surface area contributed by atoms with Crippen LogP contribution in [0.5, 0.6) is 0 Å². The first-order chi connectivity index (χ1) is 8.29. The SMILES string of the molecule is CNC(=O)c1cccc(NC2CCCOC2)c1. The van der Waals surface area contributed by atoms with Gasteiger partial charge in [-0.15, -0.1) is 0 Å². The van der Waals surface area contributed by atoms with Crippen molar-refractivity contribution < 1.29 is 9.53 Å². The molecule has 1 aromatic rings. The number of amides is 1. The summed E-state index contributed by atoms with van der Waals surface area (Å²) in [5, 5.41) is 6.02. The van der Waals surface area contributed by atoms with Crippen LogP contribution in [0.2, 0.25) is 0 Å². The highest BCUT2D eigenvalue weighted by atomic mass is 16.5. The lowest BCUT2D eigenvalue weighted by Crippen LogP contribution is -2.30. The topological polar surface area (TPSA) is 50.4 Å². The zero-order valence-corrected chi connectivity index (χ0v) is 10.0. The standard InChI is InChI=1S/C13H18N2O2/c1-14-13(16)10-4-2-5-11(8-10)15-12-6-3-7-17-9-12/h2,4-5,8,12,15H,3,6-7,9H2,1H3,(H,14,16). The Labute approximate surface area is 101 Å². The molecule has 1 fully saturated rings. The maximum atomic E-state index is 11.5. The zero-order valence-electron chi connectivity index (χ0n) is 10.0. The zero-order chi connectivity index (χ0) is 12.1. The third-order valence-corrected chi connectivity index (χ3v) is 2.88. The average Bonchev–Trinajstić information content (AvgIpc) is 2.39. The van der Waals surface area contributed by atoms with Crippen LogP contribution in [0.1, 0.15) is 23.2 Å². The molecular weight excluding hydrogens is 216 g/mol. The quantitative estimate of drug-likeness (QED) is 0.836. The van der Waals surface area contributed by atoms with Crippen LogP contribution in [-0.2, 0) is 4.74 Å². The molecule has 1 atom stereocenters. The van der Waals surface area contributed by atoms with Crippen LogP contribution in [0.4, 0.5) is 5.69 Å². The first kappa shape index (κ1) is 11.9. The van der Waals surface area contributed by atoms with E-state index in [9.17, 15) is 4.79 Å². The lowest BCUT2D eigenvalue weighted by molar-refractivity contribution is 0.0876. The van der Waals surface area contributed by atoms with Gasteiger partial charge in [0.1, 0.15) is 0 Å². The molecule has 2 N–H and O–H groups in total. The van der Waals surface area contributed by atoms with Crippen molar-refractivity contribution in [3.05, 3.63) is 29.8 Å². The first-order valence-corrected chi connectivity index (χ1v) is 5.96. The predicted molar refractivity (Wildman–Crippen MR) is 67.3 cm³/mol. The van der Waals surface area contributed by atoms with E-state index in [1.807, 2.05) is 18.2 Å². The van der Waals surface area contributed by atoms with Crippen LogP contribution < -0.4 is 10.6 Å². The molecule has 1 aromatic carbocycles. The molecule has 0 saturated carbocycles. The number of ether oxygens (including phenoxy) is 1. The molecule has 0 aromatic heterocycles. The molecule has 0 spiro atoms. The molecule has 92 valence electrons. The third kappa shape index (κ3) is 3.20. The molecule has 1 aliphatic heterocycles. The van der Waals surface area contributed by atoms with Gasteiger partial charge in [-0.05, 0) is 31.0 Å². The van der Waals surface area contributed by atoms with Crippen molar-refractivity contribution in [1.29, 1.82) is 0 Å². The maximum Gasteiger partial charge on any atom is 0.251 e. The first-order valence-electron chi connectivity index (χ1n) is 5.96. The smallest absolute Gasteiger partial charge is 0.251 e. The maximum absolute atomic E-state index is 11.5. The van der Waals surface area contributed by atoms with Gasteiger partial charge in [-0.2, -0.15) is 0 Å². The van der Waals surface area contributed by atoms with Gasteiger partial charge in [-0.3, -0.25) is 4.79 Å². The lowest BCUT2D eigenvalue weighted by atomic mass is 10.1. The van der Waals surface area contributed by atoms with Crippen LogP contribution in [0.15, 0.2) is 24.3 Å². The fourth-order valence-corrected chi connectivity index (χ4v) is 1.98. The minimum atomic E-state index is -0.0615. The Morgan fingerprint density at radius 1 is 1.47 bits per heavy atom. The van der Waals surface area contributed by atoms with E-state index >= 15 is 0 Å². The molecule has 0 bridgehead atoms. The minimum Gasteiger partial charge on any atom is -0.380 e. The number of carbonyl (C=O) groups excluding carboxylic acids is 1. The highest BCUT2D eigenvalue weighted by Gasteiger charge is 2.13. The molecule has 4 heteroatoms. The fourth-order valence-electron chi connectivity index (χ4n) is 1.98. The highest BCUT2D eigenvalue weighted by molar-refractivity contribution is 5.94. The third-order valence-electron chi connectivity index (χ3n) is 2.88. The number of nitrogens with one attached hydrogen (secondary N) is 2. The van der Waals surface area contributed by atoms with E-state index in [4.69, 9.17) is 4.74 Å². The van der Waals surface area contributed by atoms with Gasteiger partial charge >= 0.3 is 0 Å². The Morgan fingerprint density at radius 2 is 2.35 bits per heavy atom. The Morgan fingerprint density at radius 3 is 3.06 bits per heavy atom. The minimum absolute atomic E-state index is 0.0615. The van der Waals surface area contributed by atoms with Crippen LogP contribution in [0, 0.1) is 0 Å². The Bertz CT molecular complexity index is 387. The molecule has 1 aliphatic rings. The lowest BCUT2D eigenvalue weighted by Gasteiger charge is -2.24. The van der Waals surface area contributed by atoms with E-state index in [-0.39, 0.29) is 5.91 Å². The number of hydrogen-bond donors (Lipinski definition) is 2. The van der Waals surface area contributed by atoms with Gasteiger partial charge in [0, 0.05) is 30.9 Å². The normalized spacial score (nSPS) is 19.7. The number of hydrogen-bond acceptors (Lipinski definition) is 3. The molecule has 1 unspecified atom stereocenters. The predicted octanol–water partition coefficient (Wildman–Crippen LogP) is 1.64. The van der Waals surface area contributed by atoms with Crippen molar-refractivity contribution in [2.45, 2.75) is 18.9 Å². The van der Waals surface area contributed by atoms with Crippen molar-refractivity contribution in [3.8, 4) is 0 Å². The monoisotopic (exact) mass is 234 g/mol. The molecule has 0 aliphatic carbocycles. The van der Waals surface area contributed by atoms with Gasteiger partial charge in [0.2, 0.25) is 0 Å². The van der Waals surface area contributed by atoms with Crippen LogP contribution in [0.25, 0.3) is 0 Å². The van der Waals surface area contributed by atoms with Gasteiger partial charge in [0.25, 0.3) is 5.91 Å². The summed E-state index contributed by atoms with van der Waals surface area (Å²) in [5.41, 5.74) is 1.65. The number of rotatable bonds is 3. The molecule has 1 heterocycles. The Hall–Kier alpha value is -1.55. The van der Waals surface area contributed by atoms with Crippen LogP contribution in [-0.4, -0.2) is 32.2 Å². The number of anilines is 1. The molecule has 4 nitrogen and oxygen atoms in total. The molecule has 1 saturated heterocycles. The van der Waals surface area contributed by atoms with Gasteiger partial charge in [0.15, 0.2) is 0 Å². The van der Waals surface area contributed by atoms with E-state index in [2.05, 4.69) is 10.6 Å². The van der Waals surface area contributed by atoms with Crippen molar-refractivity contribution in [3.63, 3.8) is 0 Å². The summed E-state index contributed by atoms with van der Waals surface area (Å²) in [4.78, 5) is 11.5. The summed E-state index contributed by atoms with van der Waals surface area (Å²) in [6.45, 7) is 1.60. The number of benzene rings is 1. The fraction of sp³-hybridized carbons (Fsp3) is 0.462. The Balaban J connectivity index is 2.02. The van der Waals surface area contributed by atoms with Gasteiger partial charge < -0.3 is 15.4 Å². The summed E-state index contributed by atoms with van der Waals surface area (Å²) >= 11 is 0. The van der Waals surface area contributed by atoms with Gasteiger partial charge in [-0.25, -0.2) is 0 Å². The Kier molecular flexibility index (Phi) is 3.98. The van der Waals surface area contributed by atoms with Crippen molar-refractivity contribution in [2.24, 2.45) is 0 Å². The summed E-state index contributed by atoms with van der Waals surface area (Å²) in [6, 6.07) is 7.88. The van der Waals surface area contributed by atoms with Crippen molar-refractivity contribution >= 4 is 11.6 Å². The second-order valence-corrected chi connectivity index (χ2v) is 4.22.